The summed E-state index contributed by atoms with van der Waals surface area (Å²) in [5.74, 6) is -0.366. The number of nitrogens with one attached hydrogen (secondary N) is 2. The van der Waals surface area contributed by atoms with Gasteiger partial charge in [0.15, 0.2) is 0 Å². The number of anilines is 2. The monoisotopic (exact) mass is 348 g/mol. The molecule has 0 aliphatic heterocycles. The van der Waals surface area contributed by atoms with Crippen LogP contribution in [0, 0.1) is 19.7 Å². The summed E-state index contributed by atoms with van der Waals surface area (Å²) in [6.45, 7) is 4.58. The molecule has 0 radical (unpaired) electrons. The smallest absolute Gasteiger partial charge is 0.255 e. The molecule has 0 saturated carbocycles. The highest BCUT2D eigenvalue weighted by Crippen LogP contribution is 2.21. The van der Waals surface area contributed by atoms with E-state index >= 15 is 0 Å². The van der Waals surface area contributed by atoms with E-state index in [0.717, 1.165) is 28.1 Å². The zero-order valence-electron chi connectivity index (χ0n) is 14.8. The normalized spacial score (nSPS) is 10.4. The summed E-state index contributed by atoms with van der Waals surface area (Å²) in [5, 5.41) is 6.25. The van der Waals surface area contributed by atoms with Gasteiger partial charge in [0, 0.05) is 23.5 Å². The van der Waals surface area contributed by atoms with Gasteiger partial charge >= 0.3 is 0 Å². The zero-order chi connectivity index (χ0) is 18.5. The van der Waals surface area contributed by atoms with Crippen LogP contribution in [0.3, 0.4) is 0 Å². The van der Waals surface area contributed by atoms with Crippen molar-refractivity contribution in [2.24, 2.45) is 0 Å². The highest BCUT2D eigenvalue weighted by Gasteiger charge is 2.07. The summed E-state index contributed by atoms with van der Waals surface area (Å²) < 4.78 is 13.0. The Hall–Kier alpha value is -3.14. The molecular weight excluding hydrogens is 327 g/mol. The Labute approximate surface area is 152 Å². The van der Waals surface area contributed by atoms with Crippen LogP contribution in [0.2, 0.25) is 0 Å². The van der Waals surface area contributed by atoms with E-state index in [0.29, 0.717) is 12.1 Å². The first-order valence-electron chi connectivity index (χ1n) is 8.48. The van der Waals surface area contributed by atoms with Crippen LogP contribution in [0.1, 0.15) is 27.0 Å². The van der Waals surface area contributed by atoms with Gasteiger partial charge in [0.05, 0.1) is 0 Å². The third-order valence-electron chi connectivity index (χ3n) is 4.19. The number of carbonyl (C=O) groups excluding carboxylic acids is 1. The number of amides is 1. The molecule has 0 heterocycles. The summed E-state index contributed by atoms with van der Waals surface area (Å²) in [5.41, 5.74) is 5.50. The predicted octanol–water partition coefficient (Wildman–Crippen LogP) is 5.31. The van der Waals surface area contributed by atoms with Crippen LogP contribution in [0.5, 0.6) is 0 Å². The second-order valence-corrected chi connectivity index (χ2v) is 6.33. The summed E-state index contributed by atoms with van der Waals surface area (Å²) in [7, 11) is 0. The minimum atomic E-state index is -0.237. The van der Waals surface area contributed by atoms with Crippen LogP contribution in [0.4, 0.5) is 15.8 Å². The maximum atomic E-state index is 13.0. The van der Waals surface area contributed by atoms with Crippen LogP contribution in [-0.2, 0) is 6.54 Å². The van der Waals surface area contributed by atoms with E-state index in [2.05, 4.69) is 10.6 Å². The van der Waals surface area contributed by atoms with Crippen molar-refractivity contribution in [1.82, 2.24) is 0 Å². The van der Waals surface area contributed by atoms with Gasteiger partial charge in [0.25, 0.3) is 5.91 Å². The molecule has 4 heteroatoms. The van der Waals surface area contributed by atoms with Gasteiger partial charge in [-0.05, 0) is 67.4 Å². The van der Waals surface area contributed by atoms with Gasteiger partial charge in [-0.15, -0.1) is 0 Å². The second-order valence-electron chi connectivity index (χ2n) is 6.33. The number of carbonyl (C=O) groups is 1. The molecule has 0 bridgehead atoms. The van der Waals surface area contributed by atoms with Crippen molar-refractivity contribution in [2.75, 3.05) is 10.6 Å². The molecule has 2 N–H and O–H groups in total. The molecule has 3 rings (SSSR count). The number of hydrogen-bond acceptors (Lipinski definition) is 2. The summed E-state index contributed by atoms with van der Waals surface area (Å²) in [6.07, 6.45) is 0. The van der Waals surface area contributed by atoms with E-state index in [1.807, 2.05) is 56.3 Å². The molecule has 0 aliphatic rings. The largest absolute Gasteiger partial charge is 0.381 e. The van der Waals surface area contributed by atoms with Gasteiger partial charge in [0.2, 0.25) is 0 Å². The quantitative estimate of drug-likeness (QED) is 0.656. The summed E-state index contributed by atoms with van der Waals surface area (Å²) in [4.78, 5) is 12.3. The number of hydrogen-bond donors (Lipinski definition) is 2. The maximum Gasteiger partial charge on any atom is 0.255 e. The second kappa shape index (κ2) is 7.83. The van der Waals surface area contributed by atoms with Gasteiger partial charge in [-0.2, -0.15) is 0 Å². The van der Waals surface area contributed by atoms with E-state index in [4.69, 9.17) is 0 Å². The minimum absolute atomic E-state index is 0.128. The molecule has 26 heavy (non-hydrogen) atoms. The van der Waals surface area contributed by atoms with E-state index < -0.39 is 0 Å². The molecule has 0 fully saturated rings. The highest BCUT2D eigenvalue weighted by molar-refractivity contribution is 6.04. The summed E-state index contributed by atoms with van der Waals surface area (Å²) in [6, 6.07) is 19.6. The predicted molar refractivity (Wildman–Crippen MR) is 104 cm³/mol. The Balaban J connectivity index is 1.64. The van der Waals surface area contributed by atoms with Crippen LogP contribution in [-0.4, -0.2) is 5.91 Å². The van der Waals surface area contributed by atoms with Crippen LogP contribution in [0.15, 0.2) is 66.7 Å². The Morgan fingerprint density at radius 3 is 2.27 bits per heavy atom. The number of halogens is 1. The molecule has 132 valence electrons. The van der Waals surface area contributed by atoms with Crippen LogP contribution >= 0.6 is 0 Å². The fraction of sp³-hybridized carbons (Fsp3) is 0.136. The summed E-state index contributed by atoms with van der Waals surface area (Å²) >= 11 is 0. The molecule has 3 aromatic rings. The molecule has 0 spiro atoms. The van der Waals surface area contributed by atoms with Crippen LogP contribution < -0.4 is 10.6 Å². The van der Waals surface area contributed by atoms with Gasteiger partial charge in [-0.3, -0.25) is 4.79 Å². The third-order valence-corrected chi connectivity index (χ3v) is 4.19. The van der Waals surface area contributed by atoms with E-state index in [1.165, 1.54) is 12.1 Å². The molecule has 0 saturated heterocycles. The van der Waals surface area contributed by atoms with Crippen molar-refractivity contribution in [3.63, 3.8) is 0 Å². The van der Waals surface area contributed by atoms with Crippen molar-refractivity contribution < 1.29 is 9.18 Å². The van der Waals surface area contributed by atoms with Crippen molar-refractivity contribution >= 4 is 17.3 Å². The number of aryl methyl sites for hydroxylation is 2. The average molecular weight is 348 g/mol. The fourth-order valence-corrected chi connectivity index (χ4v) is 2.65. The van der Waals surface area contributed by atoms with Crippen LogP contribution in [0.25, 0.3) is 0 Å². The van der Waals surface area contributed by atoms with E-state index in [9.17, 15) is 9.18 Å². The Morgan fingerprint density at radius 1 is 0.923 bits per heavy atom. The Bertz CT molecular complexity index is 902. The first-order valence-corrected chi connectivity index (χ1v) is 8.48. The number of benzene rings is 3. The molecule has 0 aromatic heterocycles. The van der Waals surface area contributed by atoms with Crippen molar-refractivity contribution in [3.05, 3.63) is 94.8 Å². The highest BCUT2D eigenvalue weighted by atomic mass is 19.1. The Kier molecular flexibility index (Phi) is 5.32. The minimum Gasteiger partial charge on any atom is -0.381 e. The molecule has 0 atom stereocenters. The molecule has 3 aromatic carbocycles. The maximum absolute atomic E-state index is 13.0. The van der Waals surface area contributed by atoms with Gasteiger partial charge in [-0.1, -0.05) is 29.8 Å². The van der Waals surface area contributed by atoms with Crippen molar-refractivity contribution in [3.8, 4) is 0 Å². The molecule has 0 aliphatic carbocycles. The van der Waals surface area contributed by atoms with E-state index in [-0.39, 0.29) is 11.7 Å². The topological polar surface area (TPSA) is 41.1 Å². The lowest BCUT2D eigenvalue weighted by molar-refractivity contribution is 0.102. The average Bonchev–Trinajstić information content (AvgIpc) is 2.63. The van der Waals surface area contributed by atoms with Crippen molar-refractivity contribution in [1.29, 1.82) is 0 Å². The molecule has 1 amide bonds. The lowest BCUT2D eigenvalue weighted by Gasteiger charge is -2.12. The standard InChI is InChI=1S/C22H21FN2O/c1-15-3-7-18(8-4-15)22(26)25-20-11-12-21(16(2)13-20)24-14-17-5-9-19(23)10-6-17/h3-13,24H,14H2,1-2H3,(H,25,26). The SMILES string of the molecule is Cc1ccc(C(=O)Nc2ccc(NCc3ccc(F)cc3)c(C)c2)cc1. The van der Waals surface area contributed by atoms with Gasteiger partial charge in [-0.25, -0.2) is 4.39 Å². The zero-order valence-corrected chi connectivity index (χ0v) is 14.8. The first-order chi connectivity index (χ1) is 12.5. The Morgan fingerprint density at radius 2 is 1.62 bits per heavy atom. The molecule has 3 nitrogen and oxygen atoms in total. The third kappa shape index (κ3) is 4.48. The van der Waals surface area contributed by atoms with Crippen molar-refractivity contribution in [2.45, 2.75) is 20.4 Å². The number of rotatable bonds is 5. The first kappa shape index (κ1) is 17.7. The molecule has 0 unspecified atom stereocenters. The van der Waals surface area contributed by atoms with Gasteiger partial charge < -0.3 is 10.6 Å². The lowest BCUT2D eigenvalue weighted by Crippen LogP contribution is -2.12. The fourth-order valence-electron chi connectivity index (χ4n) is 2.65. The molecular formula is C22H21FN2O. The van der Waals surface area contributed by atoms with Gasteiger partial charge in [0.1, 0.15) is 5.82 Å². The lowest BCUT2D eigenvalue weighted by atomic mass is 10.1. The van der Waals surface area contributed by atoms with E-state index in [1.54, 1.807) is 12.1 Å².